The zero-order valence-electron chi connectivity index (χ0n) is 25.0. The Balaban J connectivity index is 1.18. The second-order valence-electron chi connectivity index (χ2n) is 13.0. The number of alkyl halides is 1. The predicted octanol–water partition coefficient (Wildman–Crippen LogP) is 4.74. The molecule has 2 saturated carbocycles. The molecule has 2 saturated heterocycles. The number of hydrogen-bond acceptors (Lipinski definition) is 6. The van der Waals surface area contributed by atoms with E-state index >= 15 is 0 Å². The number of carbonyl (C=O) groups is 3. The first kappa shape index (κ1) is 30.1. The van der Waals surface area contributed by atoms with Crippen molar-refractivity contribution in [3.63, 3.8) is 0 Å². The summed E-state index contributed by atoms with van der Waals surface area (Å²) >= 11 is 0. The van der Waals surface area contributed by atoms with Crippen molar-refractivity contribution in [1.82, 2.24) is 9.80 Å². The van der Waals surface area contributed by atoms with E-state index in [0.29, 0.717) is 62.9 Å². The van der Waals surface area contributed by atoms with E-state index in [4.69, 9.17) is 14.9 Å². The Hall–Kier alpha value is -2.98. The quantitative estimate of drug-likeness (QED) is 0.477. The number of nitrogens with zero attached hydrogens (tertiary/aromatic N) is 2. The van der Waals surface area contributed by atoms with E-state index in [2.05, 4.69) is 5.32 Å². The normalized spacial score (nSPS) is 27.8. The molecule has 0 spiro atoms. The fourth-order valence-corrected chi connectivity index (χ4v) is 7.98. The largest absolute Gasteiger partial charge is 0.451 e. The van der Waals surface area contributed by atoms with Crippen LogP contribution in [0, 0.1) is 23.7 Å². The number of hydrogen-bond donors (Lipinski definition) is 2. The topological polar surface area (TPSA) is 118 Å². The van der Waals surface area contributed by atoms with Crippen molar-refractivity contribution in [1.29, 1.82) is 0 Å². The smallest absolute Gasteiger partial charge is 0.289 e. The van der Waals surface area contributed by atoms with Gasteiger partial charge < -0.3 is 30.0 Å². The zero-order chi connectivity index (χ0) is 29.9. The second-order valence-corrected chi connectivity index (χ2v) is 13.0. The fourth-order valence-electron chi connectivity index (χ4n) is 7.98. The van der Waals surface area contributed by atoms with Gasteiger partial charge in [0.05, 0.1) is 13.2 Å². The molecule has 3 atom stereocenters. The molecule has 4 aliphatic rings. The number of anilines is 1. The Morgan fingerprint density at radius 3 is 2.42 bits per heavy atom. The van der Waals surface area contributed by atoms with Gasteiger partial charge in [-0.05, 0) is 74.1 Å². The number of furan rings is 1. The lowest BCUT2D eigenvalue weighted by Gasteiger charge is -2.36. The van der Waals surface area contributed by atoms with Gasteiger partial charge in [0.25, 0.3) is 5.91 Å². The Morgan fingerprint density at radius 2 is 1.70 bits per heavy atom. The van der Waals surface area contributed by atoms with Crippen molar-refractivity contribution in [2.24, 2.45) is 29.4 Å². The minimum Gasteiger partial charge on any atom is -0.451 e. The van der Waals surface area contributed by atoms with Crippen LogP contribution in [0.5, 0.6) is 0 Å². The Labute approximate surface area is 252 Å². The lowest BCUT2D eigenvalue weighted by molar-refractivity contribution is -0.142. The van der Waals surface area contributed by atoms with Crippen molar-refractivity contribution < 1.29 is 27.9 Å². The number of halogens is 1. The van der Waals surface area contributed by atoms with Crippen LogP contribution in [-0.2, 0) is 14.3 Å². The average Bonchev–Trinajstić information content (AvgIpc) is 3.69. The van der Waals surface area contributed by atoms with Gasteiger partial charge in [0.15, 0.2) is 5.76 Å². The van der Waals surface area contributed by atoms with Gasteiger partial charge in [0.2, 0.25) is 11.8 Å². The van der Waals surface area contributed by atoms with Gasteiger partial charge in [-0.15, -0.1) is 0 Å². The number of nitrogens with one attached hydrogen (secondary N) is 1. The molecule has 3 N–H and O–H groups in total. The van der Waals surface area contributed by atoms with E-state index in [1.54, 1.807) is 23.1 Å². The van der Waals surface area contributed by atoms with E-state index in [1.165, 1.54) is 19.3 Å². The van der Waals surface area contributed by atoms with E-state index < -0.39 is 18.8 Å². The lowest BCUT2D eigenvalue weighted by Crippen LogP contribution is -2.50. The molecule has 6 rings (SSSR count). The van der Waals surface area contributed by atoms with E-state index in [1.807, 2.05) is 11.0 Å². The third-order valence-corrected chi connectivity index (χ3v) is 10.4. The number of fused-ring (bicyclic) bond motifs is 1. The Morgan fingerprint density at radius 1 is 0.953 bits per heavy atom. The summed E-state index contributed by atoms with van der Waals surface area (Å²) in [6, 6.07) is 6.15. The van der Waals surface area contributed by atoms with Crippen molar-refractivity contribution in [3.05, 3.63) is 30.0 Å². The van der Waals surface area contributed by atoms with E-state index in [9.17, 15) is 18.8 Å². The highest BCUT2D eigenvalue weighted by Gasteiger charge is 2.47. The van der Waals surface area contributed by atoms with Gasteiger partial charge in [0, 0.05) is 42.7 Å². The Bertz CT molecular complexity index is 1300. The molecule has 4 fully saturated rings. The number of likely N-dealkylation sites (tertiary alicyclic amines) is 1. The van der Waals surface area contributed by atoms with Crippen LogP contribution < -0.4 is 11.1 Å². The summed E-state index contributed by atoms with van der Waals surface area (Å²) < 4.78 is 24.4. The van der Waals surface area contributed by atoms with Crippen LogP contribution >= 0.6 is 0 Å². The lowest BCUT2D eigenvalue weighted by atomic mass is 9.76. The molecule has 2 aromatic rings. The summed E-state index contributed by atoms with van der Waals surface area (Å²) in [5, 5.41) is 3.86. The number of nitrogens with two attached hydrogens (primary N) is 1. The van der Waals surface area contributed by atoms with Crippen LogP contribution in [0.3, 0.4) is 0 Å². The molecule has 1 unspecified atom stereocenters. The van der Waals surface area contributed by atoms with Gasteiger partial charge in [0.1, 0.15) is 18.3 Å². The maximum Gasteiger partial charge on any atom is 0.289 e. The van der Waals surface area contributed by atoms with Gasteiger partial charge in [-0.25, -0.2) is 4.39 Å². The first-order valence-electron chi connectivity index (χ1n) is 16.3. The molecule has 3 heterocycles. The molecule has 0 bridgehead atoms. The molecule has 10 heteroatoms. The van der Waals surface area contributed by atoms with Crippen LogP contribution in [-0.4, -0.2) is 79.1 Å². The van der Waals surface area contributed by atoms with E-state index in [0.717, 1.165) is 37.5 Å². The van der Waals surface area contributed by atoms with Crippen molar-refractivity contribution >= 4 is 34.4 Å². The standard InChI is InChI=1S/C33H45FN4O5/c34-20-27(35)22-6-8-23(9-7-22)32(40)38-13-12-26(21-4-2-1-3-5-21)30(38)31(39)36-25-10-11-28-24(18-25)19-29(43-28)33(41)37-14-16-42-17-15-37/h10-11,18-19,21-23,26-27,30H,1-9,12-17,20,35H2,(H,36,39)/t22-,23-,26-,27?,30-/m0/s1. The number of amides is 3. The third kappa shape index (κ3) is 6.45. The zero-order valence-corrected chi connectivity index (χ0v) is 25.0. The summed E-state index contributed by atoms with van der Waals surface area (Å²) in [7, 11) is 0. The van der Waals surface area contributed by atoms with Crippen LogP contribution in [0.1, 0.15) is 74.8 Å². The molecule has 43 heavy (non-hydrogen) atoms. The maximum absolute atomic E-state index is 14.0. The highest BCUT2D eigenvalue weighted by atomic mass is 19.1. The average molecular weight is 597 g/mol. The van der Waals surface area contributed by atoms with Crippen LogP contribution in [0.25, 0.3) is 11.0 Å². The molecular formula is C33H45FN4O5. The van der Waals surface area contributed by atoms with Crippen molar-refractivity contribution in [2.75, 3.05) is 44.8 Å². The molecule has 0 radical (unpaired) electrons. The predicted molar refractivity (Wildman–Crippen MR) is 161 cm³/mol. The number of benzene rings is 1. The summed E-state index contributed by atoms with van der Waals surface area (Å²) in [4.78, 5) is 44.5. The molecule has 234 valence electrons. The first-order chi connectivity index (χ1) is 20.9. The van der Waals surface area contributed by atoms with Gasteiger partial charge in [-0.1, -0.05) is 32.1 Å². The number of carbonyl (C=O) groups excluding carboxylic acids is 3. The van der Waals surface area contributed by atoms with Crippen molar-refractivity contribution in [2.45, 2.75) is 76.3 Å². The van der Waals surface area contributed by atoms with Crippen LogP contribution in [0.15, 0.2) is 28.7 Å². The Kier molecular flexibility index (Phi) is 9.33. The third-order valence-electron chi connectivity index (χ3n) is 10.4. The first-order valence-corrected chi connectivity index (χ1v) is 16.3. The number of rotatable bonds is 7. The summed E-state index contributed by atoms with van der Waals surface area (Å²) in [5.41, 5.74) is 7.16. The molecule has 9 nitrogen and oxygen atoms in total. The van der Waals surface area contributed by atoms with Gasteiger partial charge in [-0.3, -0.25) is 14.4 Å². The fraction of sp³-hybridized carbons (Fsp3) is 0.667. The summed E-state index contributed by atoms with van der Waals surface area (Å²) in [5.74, 6) is 0.553. The maximum atomic E-state index is 14.0. The molecule has 2 aliphatic carbocycles. The monoisotopic (exact) mass is 596 g/mol. The second kappa shape index (κ2) is 13.3. The number of morpholine rings is 1. The SMILES string of the molecule is NC(CF)[C@H]1CC[C@H](C(=O)N2CC[C@@H](C3CCCCC3)[C@H]2C(=O)Nc2ccc3oc(C(=O)N4CCOCC4)cc3c2)CC1. The van der Waals surface area contributed by atoms with E-state index in [-0.39, 0.29) is 41.2 Å². The van der Waals surface area contributed by atoms with Gasteiger partial charge >= 0.3 is 0 Å². The minimum absolute atomic E-state index is 0.0577. The highest BCUT2D eigenvalue weighted by Crippen LogP contribution is 2.41. The molecular weight excluding hydrogens is 551 g/mol. The highest BCUT2D eigenvalue weighted by molar-refractivity contribution is 6.01. The molecule has 1 aromatic heterocycles. The van der Waals surface area contributed by atoms with Crippen molar-refractivity contribution in [3.8, 4) is 0 Å². The van der Waals surface area contributed by atoms with Crippen LogP contribution in [0.4, 0.5) is 10.1 Å². The molecule has 2 aliphatic heterocycles. The number of ether oxygens (including phenoxy) is 1. The van der Waals surface area contributed by atoms with Gasteiger partial charge in [-0.2, -0.15) is 0 Å². The molecule has 1 aromatic carbocycles. The summed E-state index contributed by atoms with van der Waals surface area (Å²) in [6.45, 7) is 2.15. The minimum atomic E-state index is -0.531. The van der Waals surface area contributed by atoms with Crippen LogP contribution in [0.2, 0.25) is 0 Å². The summed E-state index contributed by atoms with van der Waals surface area (Å²) in [6.07, 6.45) is 9.50. The molecule has 3 amide bonds.